The highest BCUT2D eigenvalue weighted by atomic mass is 19.4. The molecule has 0 aliphatic carbocycles. The van der Waals surface area contributed by atoms with Crippen LogP contribution in [0.4, 0.5) is 13.2 Å². The molecule has 3 aromatic rings. The average Bonchev–Trinajstić information content (AvgIpc) is 3.30. The Hall–Kier alpha value is -3.46. The molecule has 0 atom stereocenters. The van der Waals surface area contributed by atoms with Crippen molar-refractivity contribution in [2.75, 3.05) is 26.7 Å². The normalized spacial score (nSPS) is 17.6. The minimum Gasteiger partial charge on any atom is -0.339 e. The fourth-order valence-corrected chi connectivity index (χ4v) is 5.85. The van der Waals surface area contributed by atoms with Crippen molar-refractivity contribution in [2.24, 2.45) is 0 Å². The molecule has 1 saturated heterocycles. The van der Waals surface area contributed by atoms with E-state index >= 15 is 0 Å². The van der Waals surface area contributed by atoms with Gasteiger partial charge in [-0.3, -0.25) is 19.5 Å². The molecule has 2 aromatic heterocycles. The Bertz CT molecular complexity index is 1370. The van der Waals surface area contributed by atoms with Crippen LogP contribution in [-0.4, -0.2) is 63.9 Å². The Labute approximate surface area is 213 Å². The van der Waals surface area contributed by atoms with E-state index in [0.29, 0.717) is 50.3 Å². The summed E-state index contributed by atoms with van der Waals surface area (Å²) in [6.07, 6.45) is -1.99. The fourth-order valence-electron chi connectivity index (χ4n) is 5.85. The van der Waals surface area contributed by atoms with Crippen LogP contribution in [0.1, 0.15) is 50.6 Å². The summed E-state index contributed by atoms with van der Waals surface area (Å²) in [7, 11) is 1.96. The highest BCUT2D eigenvalue weighted by Crippen LogP contribution is 2.42. The van der Waals surface area contributed by atoms with Gasteiger partial charge in [-0.25, -0.2) is 0 Å². The number of likely N-dealkylation sites (tertiary alicyclic amines) is 1. The number of amides is 1. The van der Waals surface area contributed by atoms with Crippen LogP contribution in [0.5, 0.6) is 0 Å². The van der Waals surface area contributed by atoms with E-state index in [4.69, 9.17) is 0 Å². The van der Waals surface area contributed by atoms with Crippen LogP contribution in [-0.2, 0) is 12.1 Å². The summed E-state index contributed by atoms with van der Waals surface area (Å²) in [4.78, 5) is 33.6. The summed E-state index contributed by atoms with van der Waals surface area (Å²) < 4.78 is 40.9. The molecular weight excluding hydrogens is 481 g/mol. The topological polar surface area (TPSA) is 58.4 Å². The van der Waals surface area contributed by atoms with Crippen LogP contribution in [0.3, 0.4) is 0 Å². The minimum absolute atomic E-state index is 0.0582. The van der Waals surface area contributed by atoms with Gasteiger partial charge in [-0.15, -0.1) is 0 Å². The third kappa shape index (κ3) is 4.35. The molecule has 0 unspecified atom stereocenters. The number of piperidine rings is 1. The Kier molecular flexibility index (Phi) is 6.22. The molecule has 194 valence electrons. The Morgan fingerprint density at radius 1 is 0.946 bits per heavy atom. The van der Waals surface area contributed by atoms with Gasteiger partial charge in [-0.05, 0) is 86.8 Å². The number of nitrogens with zero attached hydrogens (tertiary/aromatic N) is 4. The Morgan fingerprint density at radius 2 is 1.68 bits per heavy atom. The molecule has 5 rings (SSSR count). The molecule has 37 heavy (non-hydrogen) atoms. The first-order valence-electron chi connectivity index (χ1n) is 12.4. The van der Waals surface area contributed by atoms with Gasteiger partial charge in [0.25, 0.3) is 11.7 Å². The molecular formula is C28H29F3N4O2. The van der Waals surface area contributed by atoms with Crippen LogP contribution in [0, 0.1) is 13.8 Å². The third-order valence-electron chi connectivity index (χ3n) is 7.90. The molecule has 0 bridgehead atoms. The maximum atomic E-state index is 13.4. The first kappa shape index (κ1) is 25.2. The van der Waals surface area contributed by atoms with Crippen LogP contribution < -0.4 is 0 Å². The van der Waals surface area contributed by atoms with Crippen molar-refractivity contribution in [2.45, 2.75) is 44.9 Å². The van der Waals surface area contributed by atoms with Gasteiger partial charge in [-0.2, -0.15) is 13.2 Å². The average molecular weight is 511 g/mol. The lowest BCUT2D eigenvalue weighted by atomic mass is 9.81. The highest BCUT2D eigenvalue weighted by Gasteiger charge is 2.47. The van der Waals surface area contributed by atoms with Gasteiger partial charge < -0.3 is 9.47 Å². The number of hydrogen-bond donors (Lipinski definition) is 0. The molecule has 0 radical (unpaired) electrons. The zero-order chi connectivity index (χ0) is 26.5. The fraction of sp³-hybridized carbons (Fsp3) is 0.393. The number of pyridine rings is 1. The van der Waals surface area contributed by atoms with Crippen molar-refractivity contribution in [3.63, 3.8) is 0 Å². The lowest BCUT2D eigenvalue weighted by Crippen LogP contribution is -2.56. The largest absolute Gasteiger partial charge is 0.456 e. The van der Waals surface area contributed by atoms with Crippen molar-refractivity contribution in [3.8, 4) is 11.1 Å². The first-order valence-corrected chi connectivity index (χ1v) is 12.4. The second-order valence-corrected chi connectivity index (χ2v) is 10.0. The van der Waals surface area contributed by atoms with Gasteiger partial charge in [0, 0.05) is 49.3 Å². The van der Waals surface area contributed by atoms with E-state index in [0.717, 1.165) is 22.4 Å². The van der Waals surface area contributed by atoms with E-state index in [1.54, 1.807) is 12.3 Å². The molecule has 0 saturated carbocycles. The summed E-state index contributed by atoms with van der Waals surface area (Å²) in [6, 6.07) is 12.6. The van der Waals surface area contributed by atoms with E-state index in [2.05, 4.69) is 9.88 Å². The van der Waals surface area contributed by atoms with Gasteiger partial charge in [0.2, 0.25) is 0 Å². The molecule has 6 nitrogen and oxygen atoms in total. The van der Waals surface area contributed by atoms with Gasteiger partial charge in [0.1, 0.15) is 0 Å². The number of rotatable bonds is 3. The number of carbonyl (C=O) groups excluding carboxylic acids is 2. The number of aromatic nitrogens is 2. The van der Waals surface area contributed by atoms with E-state index < -0.39 is 17.5 Å². The van der Waals surface area contributed by atoms with E-state index in [-0.39, 0.29) is 11.6 Å². The minimum atomic E-state index is -4.91. The van der Waals surface area contributed by atoms with Crippen LogP contribution in [0.15, 0.2) is 48.7 Å². The second kappa shape index (κ2) is 9.13. The van der Waals surface area contributed by atoms with Crippen LogP contribution in [0.2, 0.25) is 0 Å². The molecule has 4 heterocycles. The summed E-state index contributed by atoms with van der Waals surface area (Å²) in [6.45, 7) is 5.72. The van der Waals surface area contributed by atoms with Crippen molar-refractivity contribution in [1.82, 2.24) is 19.4 Å². The van der Waals surface area contributed by atoms with Gasteiger partial charge >= 0.3 is 6.18 Å². The number of carbonyl (C=O) groups is 2. The predicted molar refractivity (Wildman–Crippen MR) is 133 cm³/mol. The lowest BCUT2D eigenvalue weighted by Gasteiger charge is -2.50. The van der Waals surface area contributed by atoms with Gasteiger partial charge in [-0.1, -0.05) is 6.07 Å². The number of fused-ring (bicyclic) bond motifs is 2. The first-order chi connectivity index (χ1) is 17.5. The number of halogens is 3. The monoisotopic (exact) mass is 510 g/mol. The van der Waals surface area contributed by atoms with Crippen LogP contribution >= 0.6 is 0 Å². The second-order valence-electron chi connectivity index (χ2n) is 10.0. The number of alkyl halides is 3. The van der Waals surface area contributed by atoms with E-state index in [1.807, 2.05) is 56.1 Å². The lowest BCUT2D eigenvalue weighted by molar-refractivity contribution is -0.0892. The summed E-state index contributed by atoms with van der Waals surface area (Å²) in [5.74, 6) is -1.87. The summed E-state index contributed by atoms with van der Waals surface area (Å²) in [5, 5.41) is 0. The standard InChI is InChI=1S/C28H29F3N4O2/c1-18-16-21(4-5-22(18)20-8-11-32-19(2)17-20)26(37)34-12-9-27(10-13-34)24-7-6-23(25(36)28(29,30)31)35(24)15-14-33(27)3/h4-8,11,16-17H,9-10,12-15H2,1-3H3. The maximum absolute atomic E-state index is 13.4. The maximum Gasteiger partial charge on any atom is 0.456 e. The third-order valence-corrected chi connectivity index (χ3v) is 7.90. The summed E-state index contributed by atoms with van der Waals surface area (Å²) in [5.41, 5.74) is 4.52. The quantitative estimate of drug-likeness (QED) is 0.466. The van der Waals surface area contributed by atoms with Gasteiger partial charge in [0.05, 0.1) is 11.2 Å². The number of benzene rings is 1. The zero-order valence-corrected chi connectivity index (χ0v) is 21.1. The summed E-state index contributed by atoms with van der Waals surface area (Å²) >= 11 is 0. The van der Waals surface area contributed by atoms with E-state index in [9.17, 15) is 22.8 Å². The van der Waals surface area contributed by atoms with Crippen LogP contribution in [0.25, 0.3) is 11.1 Å². The smallest absolute Gasteiger partial charge is 0.339 e. The van der Waals surface area contributed by atoms with E-state index in [1.165, 1.54) is 10.6 Å². The Morgan fingerprint density at radius 3 is 2.32 bits per heavy atom. The zero-order valence-electron chi connectivity index (χ0n) is 21.1. The molecule has 2 aliphatic rings. The number of likely N-dealkylation sites (N-methyl/N-ethyl adjacent to an activating group) is 1. The number of Topliss-reactive ketones (excluding diaryl/α,β-unsaturated/α-hetero) is 1. The number of hydrogen-bond acceptors (Lipinski definition) is 4. The van der Waals surface area contributed by atoms with Crippen molar-refractivity contribution < 1.29 is 22.8 Å². The Balaban J connectivity index is 1.35. The molecule has 1 amide bonds. The molecule has 1 fully saturated rings. The van der Waals surface area contributed by atoms with Crippen molar-refractivity contribution >= 4 is 11.7 Å². The number of ketones is 1. The highest BCUT2D eigenvalue weighted by molar-refractivity contribution is 5.99. The van der Waals surface area contributed by atoms with Gasteiger partial charge in [0.15, 0.2) is 0 Å². The number of aryl methyl sites for hydroxylation is 2. The molecule has 9 heteroatoms. The SMILES string of the molecule is Cc1cc(-c2ccc(C(=O)N3CCC4(CC3)c3ccc(C(=O)C(F)(F)F)n3CCN4C)cc2C)ccn1. The molecule has 2 aliphatic heterocycles. The molecule has 0 N–H and O–H groups in total. The molecule has 1 spiro atoms. The predicted octanol–water partition coefficient (Wildman–Crippen LogP) is 4.99. The van der Waals surface area contributed by atoms with Crippen molar-refractivity contribution in [1.29, 1.82) is 0 Å². The van der Waals surface area contributed by atoms with Crippen molar-refractivity contribution in [3.05, 3.63) is 76.9 Å². The molecule has 1 aromatic carbocycles.